The monoisotopic (exact) mass is 128 g/mol. The van der Waals surface area contributed by atoms with Gasteiger partial charge >= 0.3 is 0 Å². The second kappa shape index (κ2) is 4.61. The number of terminal acetylenes is 1. The lowest BCUT2D eigenvalue weighted by Gasteiger charge is -1.96. The predicted octanol–water partition coefficient (Wildman–Crippen LogP) is 1.37. The minimum Gasteiger partial charge on any atom is -0.486 e. The van der Waals surface area contributed by atoms with Crippen LogP contribution in [0.15, 0.2) is 0 Å². The molecule has 0 N–H and O–H groups in total. The first-order chi connectivity index (χ1) is 3.77. The Labute approximate surface area is 55.0 Å². The Morgan fingerprint density at radius 2 is 2.50 bits per heavy atom. The Bertz CT molecular complexity index is 112. The van der Waals surface area contributed by atoms with Gasteiger partial charge in [0.15, 0.2) is 5.05 Å². The van der Waals surface area contributed by atoms with Gasteiger partial charge in [-0.15, -0.1) is 12.3 Å². The summed E-state index contributed by atoms with van der Waals surface area (Å²) in [4.78, 5) is 0. The molecule has 0 amide bonds. The molecule has 0 heterocycles. The molecule has 2 heteroatoms. The van der Waals surface area contributed by atoms with E-state index < -0.39 is 0 Å². The molecule has 0 bridgehead atoms. The molecule has 0 aromatic rings. The number of rotatable bonds is 2. The first-order valence-electron chi connectivity index (χ1n) is 2.34. The molecule has 0 spiro atoms. The summed E-state index contributed by atoms with van der Waals surface area (Å²) in [7, 11) is 0. The summed E-state index contributed by atoms with van der Waals surface area (Å²) in [5.74, 6) is 2.44. The van der Waals surface area contributed by atoms with Crippen LogP contribution in [0.5, 0.6) is 0 Å². The Morgan fingerprint density at radius 3 is 2.88 bits per heavy atom. The van der Waals surface area contributed by atoms with Crippen LogP contribution in [0.2, 0.25) is 0 Å². The highest BCUT2D eigenvalue weighted by molar-refractivity contribution is 7.80. The molecule has 44 valence electrons. The lowest BCUT2D eigenvalue weighted by Crippen LogP contribution is -1.96. The van der Waals surface area contributed by atoms with E-state index in [-0.39, 0.29) is 0 Å². The van der Waals surface area contributed by atoms with Crippen LogP contribution in [-0.2, 0) is 4.74 Å². The van der Waals surface area contributed by atoms with Crippen molar-refractivity contribution in [1.29, 1.82) is 0 Å². The quantitative estimate of drug-likeness (QED) is 0.315. The van der Waals surface area contributed by atoms with Crippen molar-refractivity contribution in [3.05, 3.63) is 0 Å². The Morgan fingerprint density at radius 1 is 1.88 bits per heavy atom. The standard InChI is InChI=1S/C6H8OS/c1-3-4-5-7-6(2)8/h1H,4-5H2,2H3. The molecule has 0 unspecified atom stereocenters. The molecule has 0 saturated heterocycles. The van der Waals surface area contributed by atoms with Crippen molar-refractivity contribution in [3.63, 3.8) is 0 Å². The fourth-order valence-corrected chi connectivity index (χ4v) is 0.337. The average molecular weight is 128 g/mol. The fourth-order valence-electron chi connectivity index (χ4n) is 0.254. The summed E-state index contributed by atoms with van der Waals surface area (Å²) in [6.45, 7) is 2.28. The maximum Gasteiger partial charge on any atom is 0.156 e. The number of thiocarbonyl (C=S) groups is 1. The molecule has 0 rings (SSSR count). The summed E-state index contributed by atoms with van der Waals surface area (Å²) in [5.41, 5.74) is 0. The first kappa shape index (κ1) is 7.45. The molecule has 1 nitrogen and oxygen atoms in total. The van der Waals surface area contributed by atoms with Gasteiger partial charge in [-0.25, -0.2) is 0 Å². The van der Waals surface area contributed by atoms with Crippen molar-refractivity contribution >= 4 is 17.3 Å². The fraction of sp³-hybridized carbons (Fsp3) is 0.500. The van der Waals surface area contributed by atoms with Gasteiger partial charge in [-0.1, -0.05) is 0 Å². The second-order valence-corrected chi connectivity index (χ2v) is 1.87. The van der Waals surface area contributed by atoms with Crippen LogP contribution in [0.1, 0.15) is 13.3 Å². The van der Waals surface area contributed by atoms with Gasteiger partial charge in [0.2, 0.25) is 0 Å². The van der Waals surface area contributed by atoms with E-state index in [1.165, 1.54) is 0 Å². The van der Waals surface area contributed by atoms with E-state index in [0.717, 1.165) is 0 Å². The minimum atomic E-state index is 0.547. The Balaban J connectivity index is 2.97. The molecular weight excluding hydrogens is 120 g/mol. The van der Waals surface area contributed by atoms with E-state index in [4.69, 9.17) is 11.2 Å². The topological polar surface area (TPSA) is 9.23 Å². The first-order valence-corrected chi connectivity index (χ1v) is 2.75. The van der Waals surface area contributed by atoms with Crippen molar-refractivity contribution in [3.8, 4) is 12.3 Å². The van der Waals surface area contributed by atoms with Crippen LogP contribution in [-0.4, -0.2) is 11.7 Å². The van der Waals surface area contributed by atoms with E-state index in [0.29, 0.717) is 18.1 Å². The second-order valence-electron chi connectivity index (χ2n) is 1.29. The van der Waals surface area contributed by atoms with Crippen LogP contribution in [0, 0.1) is 12.3 Å². The van der Waals surface area contributed by atoms with Crippen molar-refractivity contribution in [2.45, 2.75) is 13.3 Å². The van der Waals surface area contributed by atoms with Gasteiger partial charge in [-0.2, -0.15) is 0 Å². The van der Waals surface area contributed by atoms with Crippen molar-refractivity contribution in [1.82, 2.24) is 0 Å². The molecule has 0 aliphatic rings. The van der Waals surface area contributed by atoms with E-state index in [1.807, 2.05) is 0 Å². The SMILES string of the molecule is C#CCCOC(C)=S. The molecule has 0 saturated carbocycles. The van der Waals surface area contributed by atoms with E-state index in [9.17, 15) is 0 Å². The van der Waals surface area contributed by atoms with Gasteiger partial charge in [-0.3, -0.25) is 0 Å². The number of ether oxygens (including phenoxy) is 1. The van der Waals surface area contributed by atoms with Gasteiger partial charge < -0.3 is 4.74 Å². The normalized spacial score (nSPS) is 7.50. The molecule has 0 fully saturated rings. The van der Waals surface area contributed by atoms with Crippen molar-refractivity contribution < 1.29 is 4.74 Å². The predicted molar refractivity (Wildman–Crippen MR) is 37.7 cm³/mol. The summed E-state index contributed by atoms with van der Waals surface area (Å²) < 4.78 is 4.87. The minimum absolute atomic E-state index is 0.547. The Kier molecular flexibility index (Phi) is 4.29. The van der Waals surface area contributed by atoms with E-state index >= 15 is 0 Å². The van der Waals surface area contributed by atoms with Crippen molar-refractivity contribution in [2.24, 2.45) is 0 Å². The Hall–Kier alpha value is -0.550. The van der Waals surface area contributed by atoms with Gasteiger partial charge in [0.25, 0.3) is 0 Å². The van der Waals surface area contributed by atoms with Gasteiger partial charge in [0, 0.05) is 13.3 Å². The van der Waals surface area contributed by atoms with Crippen LogP contribution >= 0.6 is 12.2 Å². The molecule has 0 radical (unpaired) electrons. The summed E-state index contributed by atoms with van der Waals surface area (Å²) in [6, 6.07) is 0. The molecule has 0 aromatic carbocycles. The molecule has 8 heavy (non-hydrogen) atoms. The lowest BCUT2D eigenvalue weighted by molar-refractivity contribution is 0.320. The number of hydrogen-bond donors (Lipinski definition) is 0. The summed E-state index contributed by atoms with van der Waals surface area (Å²) >= 11 is 4.62. The van der Waals surface area contributed by atoms with Crippen molar-refractivity contribution in [2.75, 3.05) is 6.61 Å². The van der Waals surface area contributed by atoms with Crippen LogP contribution in [0.3, 0.4) is 0 Å². The number of hydrogen-bond acceptors (Lipinski definition) is 2. The summed E-state index contributed by atoms with van der Waals surface area (Å²) in [6.07, 6.45) is 5.57. The van der Waals surface area contributed by atoms with Crippen LogP contribution in [0.4, 0.5) is 0 Å². The van der Waals surface area contributed by atoms with Gasteiger partial charge in [-0.05, 0) is 12.2 Å². The maximum absolute atomic E-state index is 4.94. The lowest BCUT2D eigenvalue weighted by atomic mass is 10.5. The van der Waals surface area contributed by atoms with Crippen LogP contribution < -0.4 is 0 Å². The third-order valence-corrected chi connectivity index (χ3v) is 0.670. The maximum atomic E-state index is 4.94. The smallest absolute Gasteiger partial charge is 0.156 e. The molecule has 0 aliphatic carbocycles. The zero-order valence-corrected chi connectivity index (χ0v) is 5.62. The highest BCUT2D eigenvalue weighted by atomic mass is 32.1. The molecular formula is C6H8OS. The zero-order valence-electron chi connectivity index (χ0n) is 4.81. The molecule has 0 aliphatic heterocycles. The summed E-state index contributed by atoms with van der Waals surface area (Å²) in [5, 5.41) is 0.556. The molecule has 0 aromatic heterocycles. The largest absolute Gasteiger partial charge is 0.486 e. The van der Waals surface area contributed by atoms with E-state index in [1.54, 1.807) is 6.92 Å². The zero-order chi connectivity index (χ0) is 6.41. The van der Waals surface area contributed by atoms with E-state index in [2.05, 4.69) is 18.1 Å². The van der Waals surface area contributed by atoms with Crippen LogP contribution in [0.25, 0.3) is 0 Å². The highest BCUT2D eigenvalue weighted by Crippen LogP contribution is 1.82. The molecule has 0 atom stereocenters. The average Bonchev–Trinajstić information content (AvgIpc) is 1.66. The third kappa shape index (κ3) is 5.45. The van der Waals surface area contributed by atoms with Gasteiger partial charge in [0.1, 0.15) is 0 Å². The third-order valence-electron chi connectivity index (χ3n) is 0.552. The van der Waals surface area contributed by atoms with Gasteiger partial charge in [0.05, 0.1) is 6.61 Å². The highest BCUT2D eigenvalue weighted by Gasteiger charge is 1.82.